The molecule has 0 radical (unpaired) electrons. The zero-order chi connectivity index (χ0) is 8.43. The summed E-state index contributed by atoms with van der Waals surface area (Å²) < 4.78 is 0. The largest absolute Gasteiger partial charge is 0.481 e. The summed E-state index contributed by atoms with van der Waals surface area (Å²) in [7, 11) is 0. The highest BCUT2D eigenvalue weighted by Crippen LogP contribution is 2.30. The van der Waals surface area contributed by atoms with Crippen molar-refractivity contribution in [2.45, 2.75) is 18.9 Å². The fourth-order valence-corrected chi connectivity index (χ4v) is 1.59. The van der Waals surface area contributed by atoms with Crippen LogP contribution in [-0.4, -0.2) is 17.1 Å². The standard InChI is InChI=1S/C8H13NO2/c1-2-5-3-6(8(10)11)7(9)4-5/h2,5-7H,1,3-4,9H2,(H,10,11)/t5-,6-,7+/m1/s1. The first-order valence-corrected chi connectivity index (χ1v) is 3.76. The number of nitrogens with two attached hydrogens (primary N) is 1. The van der Waals surface area contributed by atoms with E-state index in [-0.39, 0.29) is 12.0 Å². The van der Waals surface area contributed by atoms with E-state index in [0.29, 0.717) is 12.3 Å². The Balaban J connectivity index is 2.58. The lowest BCUT2D eigenvalue weighted by molar-refractivity contribution is -0.141. The van der Waals surface area contributed by atoms with Gasteiger partial charge in [0.2, 0.25) is 0 Å². The molecule has 0 unspecified atom stereocenters. The molecule has 0 aromatic rings. The second-order valence-electron chi connectivity index (χ2n) is 3.08. The highest BCUT2D eigenvalue weighted by Gasteiger charge is 2.34. The van der Waals surface area contributed by atoms with Gasteiger partial charge in [0.05, 0.1) is 5.92 Å². The van der Waals surface area contributed by atoms with E-state index in [2.05, 4.69) is 6.58 Å². The minimum Gasteiger partial charge on any atom is -0.481 e. The normalized spacial score (nSPS) is 37.0. The van der Waals surface area contributed by atoms with E-state index in [0.717, 1.165) is 6.42 Å². The van der Waals surface area contributed by atoms with E-state index in [1.54, 1.807) is 6.08 Å². The second kappa shape index (κ2) is 3.05. The van der Waals surface area contributed by atoms with Crippen molar-refractivity contribution in [1.29, 1.82) is 0 Å². The van der Waals surface area contributed by atoms with Gasteiger partial charge in [-0.15, -0.1) is 6.58 Å². The number of rotatable bonds is 2. The lowest BCUT2D eigenvalue weighted by Crippen LogP contribution is -2.30. The van der Waals surface area contributed by atoms with Crippen LogP contribution in [0.2, 0.25) is 0 Å². The Bertz CT molecular complexity index is 179. The van der Waals surface area contributed by atoms with Gasteiger partial charge in [-0.25, -0.2) is 0 Å². The van der Waals surface area contributed by atoms with Crippen LogP contribution < -0.4 is 5.73 Å². The van der Waals surface area contributed by atoms with E-state index in [9.17, 15) is 4.79 Å². The molecule has 0 saturated heterocycles. The van der Waals surface area contributed by atoms with Crippen molar-refractivity contribution >= 4 is 5.97 Å². The summed E-state index contributed by atoms with van der Waals surface area (Å²) in [5.41, 5.74) is 5.62. The van der Waals surface area contributed by atoms with Gasteiger partial charge in [0.1, 0.15) is 0 Å². The number of carboxylic acids is 1. The molecule has 0 spiro atoms. The highest BCUT2D eigenvalue weighted by molar-refractivity contribution is 5.71. The third kappa shape index (κ3) is 1.60. The molecule has 1 saturated carbocycles. The Kier molecular flexibility index (Phi) is 2.29. The third-order valence-corrected chi connectivity index (χ3v) is 2.30. The summed E-state index contributed by atoms with van der Waals surface area (Å²) in [5.74, 6) is -0.842. The number of allylic oxidation sites excluding steroid dienone is 1. The molecule has 3 atom stereocenters. The van der Waals surface area contributed by atoms with Crippen LogP contribution in [0.5, 0.6) is 0 Å². The Hall–Kier alpha value is -0.830. The van der Waals surface area contributed by atoms with Crippen molar-refractivity contribution in [2.75, 3.05) is 0 Å². The van der Waals surface area contributed by atoms with Gasteiger partial charge in [0.15, 0.2) is 0 Å². The van der Waals surface area contributed by atoms with Crippen LogP contribution in [0.3, 0.4) is 0 Å². The molecule has 11 heavy (non-hydrogen) atoms. The number of hydrogen-bond donors (Lipinski definition) is 2. The van der Waals surface area contributed by atoms with Crippen molar-refractivity contribution in [3.63, 3.8) is 0 Å². The molecule has 1 fully saturated rings. The Labute approximate surface area is 65.9 Å². The summed E-state index contributed by atoms with van der Waals surface area (Å²) >= 11 is 0. The lowest BCUT2D eigenvalue weighted by atomic mass is 10.0. The SMILES string of the molecule is C=C[C@H]1C[C@H](N)[C@H](C(=O)O)C1. The molecule has 62 valence electrons. The average Bonchev–Trinajstić information content (AvgIpc) is 2.30. The maximum Gasteiger partial charge on any atom is 0.308 e. The van der Waals surface area contributed by atoms with Crippen LogP contribution in [0.25, 0.3) is 0 Å². The van der Waals surface area contributed by atoms with Gasteiger partial charge in [-0.05, 0) is 18.8 Å². The van der Waals surface area contributed by atoms with Crippen LogP contribution in [0.15, 0.2) is 12.7 Å². The van der Waals surface area contributed by atoms with Gasteiger partial charge in [-0.2, -0.15) is 0 Å². The molecule has 1 rings (SSSR count). The summed E-state index contributed by atoms with van der Waals surface area (Å²) in [5, 5.41) is 8.68. The summed E-state index contributed by atoms with van der Waals surface area (Å²) in [6.07, 6.45) is 3.21. The molecular weight excluding hydrogens is 142 g/mol. The minimum atomic E-state index is -0.776. The molecule has 0 aliphatic heterocycles. The lowest BCUT2D eigenvalue weighted by Gasteiger charge is -2.07. The molecule has 0 amide bonds. The minimum absolute atomic E-state index is 0.185. The number of aliphatic carboxylic acids is 1. The van der Waals surface area contributed by atoms with E-state index in [4.69, 9.17) is 10.8 Å². The zero-order valence-corrected chi connectivity index (χ0v) is 6.36. The van der Waals surface area contributed by atoms with Crippen molar-refractivity contribution < 1.29 is 9.90 Å². The van der Waals surface area contributed by atoms with Crippen LogP contribution in [0.4, 0.5) is 0 Å². The Morgan fingerprint density at radius 2 is 2.27 bits per heavy atom. The quantitative estimate of drug-likeness (QED) is 0.574. The molecule has 1 aliphatic rings. The van der Waals surface area contributed by atoms with Crippen LogP contribution in [0.1, 0.15) is 12.8 Å². The van der Waals surface area contributed by atoms with E-state index in [1.807, 2.05) is 0 Å². The zero-order valence-electron chi connectivity index (χ0n) is 6.36. The Morgan fingerprint density at radius 3 is 2.55 bits per heavy atom. The van der Waals surface area contributed by atoms with Gasteiger partial charge in [-0.3, -0.25) is 4.79 Å². The number of carbonyl (C=O) groups is 1. The predicted octanol–water partition coefficient (Wildman–Crippen LogP) is 0.611. The molecule has 0 heterocycles. The van der Waals surface area contributed by atoms with Crippen LogP contribution in [0, 0.1) is 11.8 Å². The van der Waals surface area contributed by atoms with E-state index < -0.39 is 5.97 Å². The maximum atomic E-state index is 10.6. The van der Waals surface area contributed by atoms with Gasteiger partial charge in [0, 0.05) is 6.04 Å². The summed E-state index contributed by atoms with van der Waals surface area (Å²) in [4.78, 5) is 10.6. The van der Waals surface area contributed by atoms with E-state index in [1.165, 1.54) is 0 Å². The molecule has 0 aromatic heterocycles. The third-order valence-electron chi connectivity index (χ3n) is 2.30. The monoisotopic (exact) mass is 155 g/mol. The van der Waals surface area contributed by atoms with Crippen molar-refractivity contribution in [3.05, 3.63) is 12.7 Å². The molecule has 0 bridgehead atoms. The smallest absolute Gasteiger partial charge is 0.308 e. The number of carboxylic acid groups (broad SMARTS) is 1. The van der Waals surface area contributed by atoms with Crippen molar-refractivity contribution in [3.8, 4) is 0 Å². The molecule has 3 N–H and O–H groups in total. The predicted molar refractivity (Wildman–Crippen MR) is 42.0 cm³/mol. The maximum absolute atomic E-state index is 10.6. The molecule has 3 nitrogen and oxygen atoms in total. The molecular formula is C8H13NO2. The van der Waals surface area contributed by atoms with Gasteiger partial charge >= 0.3 is 5.97 Å². The Morgan fingerprint density at radius 1 is 1.64 bits per heavy atom. The fourth-order valence-electron chi connectivity index (χ4n) is 1.59. The summed E-state index contributed by atoms with van der Waals surface area (Å²) in [6.45, 7) is 3.62. The average molecular weight is 155 g/mol. The first kappa shape index (κ1) is 8.27. The fraction of sp³-hybridized carbons (Fsp3) is 0.625. The van der Waals surface area contributed by atoms with Crippen LogP contribution in [-0.2, 0) is 4.79 Å². The topological polar surface area (TPSA) is 63.3 Å². The highest BCUT2D eigenvalue weighted by atomic mass is 16.4. The van der Waals surface area contributed by atoms with Crippen molar-refractivity contribution in [1.82, 2.24) is 0 Å². The first-order chi connectivity index (χ1) is 5.15. The van der Waals surface area contributed by atoms with Crippen LogP contribution >= 0.6 is 0 Å². The van der Waals surface area contributed by atoms with Gasteiger partial charge in [-0.1, -0.05) is 6.08 Å². The molecule has 3 heteroatoms. The van der Waals surface area contributed by atoms with Crippen molar-refractivity contribution in [2.24, 2.45) is 17.6 Å². The second-order valence-corrected chi connectivity index (χ2v) is 3.08. The van der Waals surface area contributed by atoms with Gasteiger partial charge in [0.25, 0.3) is 0 Å². The number of hydrogen-bond acceptors (Lipinski definition) is 2. The first-order valence-electron chi connectivity index (χ1n) is 3.76. The van der Waals surface area contributed by atoms with E-state index >= 15 is 0 Å². The summed E-state index contributed by atoms with van der Waals surface area (Å²) in [6, 6.07) is -0.185. The van der Waals surface area contributed by atoms with Gasteiger partial charge < -0.3 is 10.8 Å². The molecule has 0 aromatic carbocycles. The molecule has 1 aliphatic carbocycles.